The summed E-state index contributed by atoms with van der Waals surface area (Å²) in [6.07, 6.45) is 4.01. The monoisotopic (exact) mass is 500 g/mol. The molecule has 5 rings (SSSR count). The van der Waals surface area contributed by atoms with E-state index in [4.69, 9.17) is 4.74 Å². The number of rotatable bonds is 6. The van der Waals surface area contributed by atoms with Gasteiger partial charge in [-0.15, -0.1) is 0 Å². The number of piperazine rings is 1. The SMILES string of the molecule is CC(C)C1CN(c2cc(C3CC3)c3c(c2C#N)CC(C)(C)OC3)CCN1C(=O)NCCc1ccccc1. The van der Waals surface area contributed by atoms with Crippen molar-refractivity contribution < 1.29 is 9.53 Å². The second kappa shape index (κ2) is 10.4. The lowest BCUT2D eigenvalue weighted by molar-refractivity contribution is -0.0405. The van der Waals surface area contributed by atoms with Crippen LogP contribution in [-0.4, -0.2) is 48.8 Å². The molecule has 2 amide bonds. The maximum Gasteiger partial charge on any atom is 0.317 e. The Morgan fingerprint density at radius 2 is 1.95 bits per heavy atom. The molecule has 2 fully saturated rings. The fourth-order valence-corrected chi connectivity index (χ4v) is 5.94. The molecule has 1 saturated heterocycles. The van der Waals surface area contributed by atoms with Crippen molar-refractivity contribution in [3.05, 3.63) is 64.2 Å². The first kappa shape index (κ1) is 25.6. The molecule has 2 aromatic rings. The van der Waals surface area contributed by atoms with Crippen molar-refractivity contribution >= 4 is 11.7 Å². The van der Waals surface area contributed by atoms with Gasteiger partial charge in [-0.3, -0.25) is 0 Å². The highest BCUT2D eigenvalue weighted by Gasteiger charge is 2.38. The Morgan fingerprint density at radius 3 is 2.62 bits per heavy atom. The lowest BCUT2D eigenvalue weighted by Gasteiger charge is -2.45. The van der Waals surface area contributed by atoms with Crippen LogP contribution in [0.25, 0.3) is 0 Å². The molecule has 3 aliphatic rings. The Balaban J connectivity index is 1.36. The van der Waals surface area contributed by atoms with E-state index in [2.05, 4.69) is 62.2 Å². The van der Waals surface area contributed by atoms with Gasteiger partial charge in [-0.1, -0.05) is 44.2 Å². The molecule has 37 heavy (non-hydrogen) atoms. The minimum absolute atomic E-state index is 0.0118. The van der Waals surface area contributed by atoms with Gasteiger partial charge in [-0.2, -0.15) is 5.26 Å². The Kier molecular flexibility index (Phi) is 7.18. The maximum atomic E-state index is 13.2. The van der Waals surface area contributed by atoms with Gasteiger partial charge in [-0.05, 0) is 73.3 Å². The van der Waals surface area contributed by atoms with Gasteiger partial charge in [0.25, 0.3) is 0 Å². The maximum absolute atomic E-state index is 13.2. The Labute approximate surface area is 221 Å². The third kappa shape index (κ3) is 5.48. The van der Waals surface area contributed by atoms with Gasteiger partial charge < -0.3 is 19.9 Å². The lowest BCUT2D eigenvalue weighted by Crippen LogP contribution is -2.59. The average molecular weight is 501 g/mol. The van der Waals surface area contributed by atoms with Crippen LogP contribution in [-0.2, 0) is 24.2 Å². The number of anilines is 1. The predicted molar refractivity (Wildman–Crippen MR) is 147 cm³/mol. The van der Waals surface area contributed by atoms with E-state index in [9.17, 15) is 10.1 Å². The molecule has 0 aromatic heterocycles. The summed E-state index contributed by atoms with van der Waals surface area (Å²) in [6, 6.07) is 15.2. The molecule has 0 radical (unpaired) electrons. The molecule has 1 aliphatic carbocycles. The molecule has 6 nitrogen and oxygen atoms in total. The number of nitrogens with zero attached hydrogens (tertiary/aromatic N) is 3. The van der Waals surface area contributed by atoms with Gasteiger partial charge in [0, 0.05) is 32.6 Å². The van der Waals surface area contributed by atoms with Crippen LogP contribution >= 0.6 is 0 Å². The predicted octanol–water partition coefficient (Wildman–Crippen LogP) is 5.39. The van der Waals surface area contributed by atoms with Crippen LogP contribution in [0.5, 0.6) is 0 Å². The van der Waals surface area contributed by atoms with Crippen LogP contribution in [0.15, 0.2) is 36.4 Å². The van der Waals surface area contributed by atoms with Gasteiger partial charge in [0.1, 0.15) is 6.07 Å². The number of carbonyl (C=O) groups excluding carboxylic acids is 1. The number of nitriles is 1. The number of carbonyl (C=O) groups is 1. The van der Waals surface area contributed by atoms with E-state index in [1.54, 1.807) is 0 Å². The number of ether oxygens (including phenoxy) is 1. The van der Waals surface area contributed by atoms with E-state index in [-0.39, 0.29) is 17.7 Å². The summed E-state index contributed by atoms with van der Waals surface area (Å²) in [5.74, 6) is 0.892. The van der Waals surface area contributed by atoms with Crippen LogP contribution in [0.3, 0.4) is 0 Å². The number of fused-ring (bicyclic) bond motifs is 1. The van der Waals surface area contributed by atoms with E-state index in [0.717, 1.165) is 37.2 Å². The average Bonchev–Trinajstić information content (AvgIpc) is 3.73. The van der Waals surface area contributed by atoms with E-state index in [1.165, 1.54) is 35.1 Å². The third-order valence-corrected chi connectivity index (χ3v) is 8.22. The van der Waals surface area contributed by atoms with E-state index in [1.807, 2.05) is 23.1 Å². The molecule has 0 spiro atoms. The van der Waals surface area contributed by atoms with Gasteiger partial charge in [0.05, 0.1) is 29.5 Å². The van der Waals surface area contributed by atoms with Crippen molar-refractivity contribution in [2.75, 3.05) is 31.1 Å². The lowest BCUT2D eigenvalue weighted by atomic mass is 9.83. The Morgan fingerprint density at radius 1 is 1.19 bits per heavy atom. The number of nitrogens with one attached hydrogen (secondary N) is 1. The Bertz CT molecular complexity index is 1180. The molecular weight excluding hydrogens is 460 g/mol. The molecule has 196 valence electrons. The molecular formula is C31H40N4O2. The molecule has 1 atom stereocenters. The largest absolute Gasteiger partial charge is 0.371 e. The van der Waals surface area contributed by atoms with Crippen LogP contribution in [0, 0.1) is 17.2 Å². The second-order valence-electron chi connectivity index (χ2n) is 11.8. The molecule has 1 unspecified atom stereocenters. The van der Waals surface area contributed by atoms with Crippen molar-refractivity contribution in [3.8, 4) is 6.07 Å². The van der Waals surface area contributed by atoms with Crippen molar-refractivity contribution in [1.82, 2.24) is 10.2 Å². The standard InChI is InChI=1S/C31H40N4O2/c1-21(2)29-19-34(14-15-35(29)30(36)33-13-12-22-8-6-5-7-9-22)28-16-24(23-10-11-23)27-20-37-31(3,4)17-25(27)26(28)18-32/h5-9,16,21,23,29H,10-15,17,19-20H2,1-4H3,(H,33,36). The molecule has 2 heterocycles. The molecule has 2 aliphatic heterocycles. The van der Waals surface area contributed by atoms with Crippen molar-refractivity contribution in [1.29, 1.82) is 5.26 Å². The topological polar surface area (TPSA) is 68.6 Å². The third-order valence-electron chi connectivity index (χ3n) is 8.22. The fraction of sp³-hybridized carbons (Fsp3) is 0.548. The normalized spacial score (nSPS) is 20.9. The quantitative estimate of drug-likeness (QED) is 0.578. The summed E-state index contributed by atoms with van der Waals surface area (Å²) >= 11 is 0. The van der Waals surface area contributed by atoms with Crippen molar-refractivity contribution in [2.45, 2.75) is 77.5 Å². The van der Waals surface area contributed by atoms with Crippen molar-refractivity contribution in [2.24, 2.45) is 5.92 Å². The zero-order valence-electron chi connectivity index (χ0n) is 22.7. The molecule has 2 aromatic carbocycles. The number of amides is 2. The number of urea groups is 1. The molecule has 6 heteroatoms. The highest BCUT2D eigenvalue weighted by molar-refractivity contribution is 5.75. The first-order valence-electron chi connectivity index (χ1n) is 13.8. The summed E-state index contributed by atoms with van der Waals surface area (Å²) < 4.78 is 6.17. The number of hydrogen-bond acceptors (Lipinski definition) is 4. The first-order chi connectivity index (χ1) is 17.8. The summed E-state index contributed by atoms with van der Waals surface area (Å²) in [7, 11) is 0. The molecule has 0 bridgehead atoms. The zero-order chi connectivity index (χ0) is 26.2. The summed E-state index contributed by atoms with van der Waals surface area (Å²) in [6.45, 7) is 11.9. The molecule has 1 saturated carbocycles. The summed E-state index contributed by atoms with van der Waals surface area (Å²) in [5.41, 5.74) is 6.62. The summed E-state index contributed by atoms with van der Waals surface area (Å²) in [4.78, 5) is 17.6. The fourth-order valence-electron chi connectivity index (χ4n) is 5.94. The minimum atomic E-state index is -0.269. The highest BCUT2D eigenvalue weighted by atomic mass is 16.5. The smallest absolute Gasteiger partial charge is 0.317 e. The van der Waals surface area contributed by atoms with Crippen LogP contribution in [0.2, 0.25) is 0 Å². The second-order valence-corrected chi connectivity index (χ2v) is 11.8. The zero-order valence-corrected chi connectivity index (χ0v) is 22.7. The highest BCUT2D eigenvalue weighted by Crippen LogP contribution is 2.47. The van der Waals surface area contributed by atoms with E-state index >= 15 is 0 Å². The van der Waals surface area contributed by atoms with Crippen molar-refractivity contribution in [3.63, 3.8) is 0 Å². The van der Waals surface area contributed by atoms with Crippen LogP contribution < -0.4 is 10.2 Å². The van der Waals surface area contributed by atoms with Crippen LogP contribution in [0.1, 0.15) is 74.3 Å². The molecule has 1 N–H and O–H groups in total. The van der Waals surface area contributed by atoms with Gasteiger partial charge in [0.2, 0.25) is 0 Å². The first-order valence-corrected chi connectivity index (χ1v) is 13.8. The van der Waals surface area contributed by atoms with Crippen LogP contribution in [0.4, 0.5) is 10.5 Å². The Hall–Kier alpha value is -3.04. The van der Waals surface area contributed by atoms with Gasteiger partial charge in [-0.25, -0.2) is 4.79 Å². The van der Waals surface area contributed by atoms with Gasteiger partial charge >= 0.3 is 6.03 Å². The van der Waals surface area contributed by atoms with E-state index < -0.39 is 0 Å². The number of benzene rings is 2. The van der Waals surface area contributed by atoms with Gasteiger partial charge in [0.15, 0.2) is 0 Å². The van der Waals surface area contributed by atoms with E-state index in [0.29, 0.717) is 31.5 Å². The number of hydrogen-bond donors (Lipinski definition) is 1. The minimum Gasteiger partial charge on any atom is -0.371 e. The summed E-state index contributed by atoms with van der Waals surface area (Å²) in [5, 5.41) is 13.5.